The van der Waals surface area contributed by atoms with Crippen LogP contribution in [0.5, 0.6) is 0 Å². The summed E-state index contributed by atoms with van der Waals surface area (Å²) in [6.45, 7) is 1.93. The molecule has 2 heterocycles. The molecule has 0 atom stereocenters. The van der Waals surface area contributed by atoms with Crippen molar-refractivity contribution >= 4 is 49.2 Å². The molecule has 1 aliphatic rings. The van der Waals surface area contributed by atoms with E-state index in [1.807, 2.05) is 0 Å². The Hall–Kier alpha value is -1.74. The summed E-state index contributed by atoms with van der Waals surface area (Å²) in [7, 11) is 0. The molecule has 0 radical (unpaired) electrons. The third-order valence-corrected chi connectivity index (χ3v) is 4.58. The van der Waals surface area contributed by atoms with Gasteiger partial charge >= 0.3 is 6.03 Å². The van der Waals surface area contributed by atoms with Crippen LogP contribution in [0.25, 0.3) is 0 Å². The number of carbonyl (C=O) groups is 1. The summed E-state index contributed by atoms with van der Waals surface area (Å²) in [4.78, 5) is 14.0. The summed E-state index contributed by atoms with van der Waals surface area (Å²) in [6, 6.07) is 3.86. The molecule has 0 unspecified atom stereocenters. The van der Waals surface area contributed by atoms with Crippen LogP contribution in [-0.4, -0.2) is 29.3 Å². The lowest BCUT2D eigenvalue weighted by molar-refractivity contribution is 0.262. The second kappa shape index (κ2) is 6.57. The Morgan fingerprint density at radius 3 is 2.77 bits per heavy atom. The Morgan fingerprint density at radius 2 is 2.05 bits per heavy atom. The first-order chi connectivity index (χ1) is 10.6. The average Bonchev–Trinajstić information content (AvgIpc) is 3.12. The van der Waals surface area contributed by atoms with Crippen LogP contribution < -0.4 is 15.5 Å². The van der Waals surface area contributed by atoms with Crippen molar-refractivity contribution in [1.82, 2.24) is 10.2 Å². The normalized spacial score (nSPS) is 14.2. The Labute approximate surface area is 138 Å². The molecule has 1 fully saturated rings. The summed E-state index contributed by atoms with van der Waals surface area (Å²) >= 11 is 4.47. The molecule has 1 aromatic carbocycles. The molecule has 0 aliphatic carbocycles. The second-order valence-corrected chi connectivity index (χ2v) is 6.66. The summed E-state index contributed by atoms with van der Waals surface area (Å²) < 4.78 is 14.3. The minimum atomic E-state index is -0.551. The van der Waals surface area contributed by atoms with Crippen molar-refractivity contribution < 1.29 is 9.18 Å². The van der Waals surface area contributed by atoms with Gasteiger partial charge < -0.3 is 10.2 Å². The van der Waals surface area contributed by atoms with Crippen molar-refractivity contribution in [1.29, 1.82) is 0 Å². The van der Waals surface area contributed by atoms with Crippen LogP contribution in [0.2, 0.25) is 0 Å². The van der Waals surface area contributed by atoms with Crippen molar-refractivity contribution in [3.8, 4) is 0 Å². The smallest absolute Gasteiger partial charge is 0.325 e. The number of anilines is 3. The third kappa shape index (κ3) is 3.53. The minimum Gasteiger partial charge on any atom is -0.347 e. The predicted octanol–water partition coefficient (Wildman–Crippen LogP) is 3.68. The number of halogens is 2. The number of nitrogens with one attached hydrogen (secondary N) is 2. The Kier molecular flexibility index (Phi) is 4.53. The van der Waals surface area contributed by atoms with E-state index in [4.69, 9.17) is 0 Å². The number of nitrogens with zero attached hydrogens (tertiary/aromatic N) is 3. The van der Waals surface area contributed by atoms with Crippen LogP contribution in [0.3, 0.4) is 0 Å². The van der Waals surface area contributed by atoms with E-state index in [2.05, 4.69) is 41.7 Å². The maximum absolute atomic E-state index is 13.7. The van der Waals surface area contributed by atoms with Gasteiger partial charge in [0.2, 0.25) is 10.3 Å². The molecule has 116 valence electrons. The summed E-state index contributed by atoms with van der Waals surface area (Å²) in [5, 5.41) is 14.2. The van der Waals surface area contributed by atoms with Crippen LogP contribution in [0.1, 0.15) is 12.8 Å². The zero-order valence-corrected chi connectivity index (χ0v) is 13.9. The minimum absolute atomic E-state index is 0.102. The van der Waals surface area contributed by atoms with E-state index in [-0.39, 0.29) is 5.69 Å². The lowest BCUT2D eigenvalue weighted by Crippen LogP contribution is -2.20. The highest BCUT2D eigenvalue weighted by Gasteiger charge is 2.17. The lowest BCUT2D eigenvalue weighted by Gasteiger charge is -2.11. The molecule has 2 amide bonds. The van der Waals surface area contributed by atoms with Crippen LogP contribution >= 0.6 is 27.3 Å². The Morgan fingerprint density at radius 1 is 1.27 bits per heavy atom. The van der Waals surface area contributed by atoms with E-state index in [9.17, 15) is 9.18 Å². The van der Waals surface area contributed by atoms with Gasteiger partial charge in [0.25, 0.3) is 0 Å². The molecule has 6 nitrogen and oxygen atoms in total. The van der Waals surface area contributed by atoms with E-state index in [1.54, 1.807) is 6.07 Å². The molecule has 0 saturated carbocycles. The van der Waals surface area contributed by atoms with Crippen LogP contribution in [0, 0.1) is 5.82 Å². The number of rotatable bonds is 3. The summed E-state index contributed by atoms with van der Waals surface area (Å²) in [5.74, 6) is -0.514. The summed E-state index contributed by atoms with van der Waals surface area (Å²) in [6.07, 6.45) is 2.29. The van der Waals surface area contributed by atoms with Crippen molar-refractivity contribution in [2.75, 3.05) is 28.6 Å². The highest BCUT2D eigenvalue weighted by molar-refractivity contribution is 9.10. The van der Waals surface area contributed by atoms with Crippen molar-refractivity contribution in [2.24, 2.45) is 0 Å². The second-order valence-electron chi connectivity index (χ2n) is 4.79. The Balaban J connectivity index is 1.61. The number of hydrogen-bond donors (Lipinski definition) is 2. The first-order valence-electron chi connectivity index (χ1n) is 6.73. The zero-order valence-electron chi connectivity index (χ0n) is 11.5. The van der Waals surface area contributed by atoms with Gasteiger partial charge in [-0.25, -0.2) is 9.18 Å². The predicted molar refractivity (Wildman–Crippen MR) is 88.1 cm³/mol. The SMILES string of the molecule is O=C(Nc1nnc(N2CCCC2)s1)Nc1ccc(Br)cc1F. The number of benzene rings is 1. The number of hydrogen-bond acceptors (Lipinski definition) is 5. The van der Waals surface area contributed by atoms with Gasteiger partial charge in [-0.15, -0.1) is 10.2 Å². The highest BCUT2D eigenvalue weighted by Crippen LogP contribution is 2.27. The largest absolute Gasteiger partial charge is 0.347 e. The molecule has 3 rings (SSSR count). The van der Waals surface area contributed by atoms with Gasteiger partial charge in [-0.05, 0) is 31.0 Å². The summed E-state index contributed by atoms with van der Waals surface area (Å²) in [5.41, 5.74) is 0.102. The van der Waals surface area contributed by atoms with E-state index in [0.29, 0.717) is 9.60 Å². The van der Waals surface area contributed by atoms with Gasteiger partial charge in [0, 0.05) is 17.6 Å². The zero-order chi connectivity index (χ0) is 15.5. The first-order valence-corrected chi connectivity index (χ1v) is 8.34. The van der Waals surface area contributed by atoms with Gasteiger partial charge in [0.05, 0.1) is 5.69 Å². The topological polar surface area (TPSA) is 70.2 Å². The van der Waals surface area contributed by atoms with Gasteiger partial charge in [0.15, 0.2) is 0 Å². The fourth-order valence-corrected chi connectivity index (χ4v) is 3.27. The molecule has 0 spiro atoms. The molecule has 1 aliphatic heterocycles. The molecule has 2 N–H and O–H groups in total. The van der Waals surface area contributed by atoms with Crippen LogP contribution in [-0.2, 0) is 0 Å². The average molecular weight is 386 g/mol. The van der Waals surface area contributed by atoms with Crippen molar-refractivity contribution in [2.45, 2.75) is 12.8 Å². The molecule has 9 heteroatoms. The number of urea groups is 1. The fraction of sp³-hybridized carbons (Fsp3) is 0.308. The third-order valence-electron chi connectivity index (χ3n) is 3.19. The molecule has 0 bridgehead atoms. The molecular weight excluding hydrogens is 373 g/mol. The molecule has 22 heavy (non-hydrogen) atoms. The van der Waals surface area contributed by atoms with E-state index in [0.717, 1.165) is 31.1 Å². The van der Waals surface area contributed by atoms with Gasteiger partial charge in [-0.2, -0.15) is 0 Å². The van der Waals surface area contributed by atoms with Gasteiger partial charge in [-0.3, -0.25) is 5.32 Å². The monoisotopic (exact) mass is 385 g/mol. The molecular formula is C13H13BrFN5OS. The number of carbonyl (C=O) groups excluding carboxylic acids is 1. The maximum atomic E-state index is 13.7. The molecule has 1 aromatic heterocycles. The van der Waals surface area contributed by atoms with Crippen molar-refractivity contribution in [3.05, 3.63) is 28.5 Å². The first kappa shape index (κ1) is 15.2. The number of amides is 2. The molecule has 2 aromatic rings. The van der Waals surface area contributed by atoms with E-state index >= 15 is 0 Å². The Bertz CT molecular complexity index is 689. The van der Waals surface area contributed by atoms with Crippen LogP contribution in [0.4, 0.5) is 25.1 Å². The van der Waals surface area contributed by atoms with Crippen molar-refractivity contribution in [3.63, 3.8) is 0 Å². The number of aromatic nitrogens is 2. The molecule has 1 saturated heterocycles. The van der Waals surface area contributed by atoms with Gasteiger partial charge in [-0.1, -0.05) is 27.3 Å². The van der Waals surface area contributed by atoms with Crippen LogP contribution in [0.15, 0.2) is 22.7 Å². The maximum Gasteiger partial charge on any atom is 0.325 e. The fourth-order valence-electron chi connectivity index (χ4n) is 2.14. The standard InChI is InChI=1S/C13H13BrFN5OS/c14-8-3-4-10(9(15)7-8)16-11(21)17-12-18-19-13(22-12)20-5-1-2-6-20/h3-4,7H,1-2,5-6H2,(H2,16,17,18,21). The quantitative estimate of drug-likeness (QED) is 0.845. The van der Waals surface area contributed by atoms with E-state index < -0.39 is 11.8 Å². The van der Waals surface area contributed by atoms with E-state index in [1.165, 1.54) is 23.5 Å². The lowest BCUT2D eigenvalue weighted by atomic mass is 10.3. The van der Waals surface area contributed by atoms with Gasteiger partial charge in [0.1, 0.15) is 5.82 Å². The highest BCUT2D eigenvalue weighted by atomic mass is 79.9.